The van der Waals surface area contributed by atoms with Crippen LogP contribution in [0, 0.1) is 0 Å². The summed E-state index contributed by atoms with van der Waals surface area (Å²) in [7, 11) is 0. The van der Waals surface area contributed by atoms with E-state index in [2.05, 4.69) is 0 Å². The van der Waals surface area contributed by atoms with E-state index < -0.39 is 0 Å². The SMILES string of the molecule is [Co+3].[N-]=[N+]=[N-]. The van der Waals surface area contributed by atoms with Crippen LogP contribution in [0.25, 0.3) is 16.0 Å². The van der Waals surface area contributed by atoms with E-state index in [4.69, 9.17) is 11.1 Å². The molecule has 0 saturated carbocycles. The quantitative estimate of drug-likeness (QED) is 0.247. The van der Waals surface area contributed by atoms with Crippen LogP contribution in [0.1, 0.15) is 0 Å². The van der Waals surface area contributed by atoms with Gasteiger partial charge in [-0.25, -0.2) is 0 Å². The standard InChI is InChI=1S/Co.N3/c;1-3-2/q+3;-1. The zero-order valence-electron chi connectivity index (χ0n) is 1.67. The van der Waals surface area contributed by atoms with Crippen LogP contribution in [-0.4, -0.2) is 0 Å². The van der Waals surface area contributed by atoms with E-state index in [9.17, 15) is 0 Å². The van der Waals surface area contributed by atoms with Crippen LogP contribution >= 0.6 is 0 Å². The second kappa shape index (κ2) is 13.9. The molecule has 0 aromatic carbocycles. The molecule has 0 aliphatic rings. The van der Waals surface area contributed by atoms with Gasteiger partial charge in [0.05, 0.1) is 0 Å². The Morgan fingerprint density at radius 3 is 1.25 bits per heavy atom. The minimum absolute atomic E-state index is 0. The van der Waals surface area contributed by atoms with Gasteiger partial charge < -0.3 is 11.1 Å². The van der Waals surface area contributed by atoms with Crippen LogP contribution in [0.5, 0.6) is 0 Å². The van der Waals surface area contributed by atoms with Gasteiger partial charge in [0, 0.05) is 0 Å². The molecule has 0 amide bonds. The average molecular weight is 101 g/mol. The monoisotopic (exact) mass is 101 g/mol. The average Bonchev–Trinajstić information content (AvgIpc) is 0.918. The largest absolute Gasteiger partial charge is 3.00 e. The molecule has 22 valence electrons. The molecule has 0 heterocycles. The first-order chi connectivity index (χ1) is 1.41. The molecule has 0 aromatic heterocycles. The first-order valence-corrected chi connectivity index (χ1v) is 0.400. The molecular weight excluding hydrogens is 101 g/mol. The fourth-order valence-electron chi connectivity index (χ4n) is 0. The second-order valence-corrected chi connectivity index (χ2v) is 0.0894. The molecule has 0 radical (unpaired) electrons. The molecule has 0 unspecified atom stereocenters. The normalized spacial score (nSPS) is 2.00. The third-order valence-corrected chi connectivity index (χ3v) is 0. The molecule has 4 heavy (non-hydrogen) atoms. The van der Waals surface area contributed by atoms with E-state index in [1.54, 1.807) is 0 Å². The number of rotatable bonds is 0. The van der Waals surface area contributed by atoms with E-state index in [1.165, 1.54) is 4.91 Å². The Bertz CT molecular complexity index is 24.3. The smallest absolute Gasteiger partial charge is 0.373 e. The topological polar surface area (TPSA) is 58.7 Å². The first-order valence-electron chi connectivity index (χ1n) is 0.400. The van der Waals surface area contributed by atoms with Gasteiger partial charge in [0.15, 0.2) is 0 Å². The summed E-state index contributed by atoms with van der Waals surface area (Å²) in [6.45, 7) is 0. The predicted molar refractivity (Wildman–Crippen MR) is 10.1 cm³/mol. The number of hydrogen-bond donors (Lipinski definition) is 0. The molecule has 0 aromatic rings. The zero-order valence-corrected chi connectivity index (χ0v) is 2.72. The fourth-order valence-corrected chi connectivity index (χ4v) is 0. The van der Waals surface area contributed by atoms with Crippen molar-refractivity contribution >= 4 is 0 Å². The molecule has 4 heteroatoms. The third kappa shape index (κ3) is 36.0. The minimum atomic E-state index is 0. The molecule has 0 spiro atoms. The van der Waals surface area contributed by atoms with Gasteiger partial charge in [0.1, 0.15) is 0 Å². The summed E-state index contributed by atoms with van der Waals surface area (Å²) in [5.74, 6) is 0. The first kappa shape index (κ1) is 9.18. The number of nitrogens with zero attached hydrogens (tertiary/aromatic N) is 3. The third-order valence-electron chi connectivity index (χ3n) is 0. The predicted octanol–water partition coefficient (Wildman–Crippen LogP) is 0.864. The summed E-state index contributed by atoms with van der Waals surface area (Å²) in [6.07, 6.45) is 0. The molecule has 0 bridgehead atoms. The minimum Gasteiger partial charge on any atom is -0.373 e. The van der Waals surface area contributed by atoms with E-state index in [-0.39, 0.29) is 16.8 Å². The number of hydrogen-bond acceptors (Lipinski definition) is 0. The van der Waals surface area contributed by atoms with Crippen LogP contribution in [-0.2, 0) is 16.8 Å². The van der Waals surface area contributed by atoms with Crippen LogP contribution in [0.3, 0.4) is 0 Å². The molecule has 0 atom stereocenters. The molecule has 0 saturated heterocycles. The maximum atomic E-state index is 6.75. The Hall–Kier alpha value is -0.184. The van der Waals surface area contributed by atoms with Crippen LogP contribution in [0.2, 0.25) is 0 Å². The Balaban J connectivity index is 0. The molecule has 3 nitrogen and oxygen atoms in total. The van der Waals surface area contributed by atoms with Gasteiger partial charge in [-0.15, -0.1) is 0 Å². The van der Waals surface area contributed by atoms with E-state index in [1.807, 2.05) is 0 Å². The maximum absolute atomic E-state index is 6.75. The summed E-state index contributed by atoms with van der Waals surface area (Å²) in [4.78, 5) is 1.50. The van der Waals surface area contributed by atoms with Crippen LogP contribution < -0.4 is 0 Å². The van der Waals surface area contributed by atoms with E-state index >= 15 is 0 Å². The van der Waals surface area contributed by atoms with Gasteiger partial charge in [-0.2, -0.15) is 0 Å². The molecule has 0 aliphatic carbocycles. The zero-order chi connectivity index (χ0) is 2.71. The van der Waals surface area contributed by atoms with Gasteiger partial charge in [-0.3, -0.25) is 4.91 Å². The van der Waals surface area contributed by atoms with Crippen LogP contribution in [0.15, 0.2) is 0 Å². The van der Waals surface area contributed by atoms with Crippen molar-refractivity contribution in [3.8, 4) is 0 Å². The molecule has 0 fully saturated rings. The van der Waals surface area contributed by atoms with Crippen molar-refractivity contribution in [3.05, 3.63) is 16.0 Å². The van der Waals surface area contributed by atoms with Gasteiger partial charge >= 0.3 is 16.8 Å². The van der Waals surface area contributed by atoms with Crippen molar-refractivity contribution in [1.29, 1.82) is 0 Å². The molecule has 0 aliphatic heterocycles. The van der Waals surface area contributed by atoms with Gasteiger partial charge in [0.25, 0.3) is 0 Å². The maximum Gasteiger partial charge on any atom is 3.00 e. The Morgan fingerprint density at radius 1 is 1.25 bits per heavy atom. The summed E-state index contributed by atoms with van der Waals surface area (Å²) >= 11 is 0. The van der Waals surface area contributed by atoms with Crippen molar-refractivity contribution < 1.29 is 16.8 Å². The van der Waals surface area contributed by atoms with E-state index in [0.717, 1.165) is 0 Å². The van der Waals surface area contributed by atoms with Crippen molar-refractivity contribution in [2.75, 3.05) is 0 Å². The Kier molecular flexibility index (Phi) is 32.0. The molecule has 0 rings (SSSR count). The van der Waals surface area contributed by atoms with Crippen molar-refractivity contribution in [1.82, 2.24) is 0 Å². The second-order valence-electron chi connectivity index (χ2n) is 0.0894. The van der Waals surface area contributed by atoms with Gasteiger partial charge in [-0.1, -0.05) is 0 Å². The van der Waals surface area contributed by atoms with Crippen molar-refractivity contribution in [2.24, 2.45) is 0 Å². The van der Waals surface area contributed by atoms with E-state index in [0.29, 0.717) is 0 Å². The fraction of sp³-hybridized carbons (Fsp3) is 0. The Morgan fingerprint density at radius 2 is 1.25 bits per heavy atom. The molecule has 0 N–H and O–H groups in total. The summed E-state index contributed by atoms with van der Waals surface area (Å²) < 4.78 is 0. The van der Waals surface area contributed by atoms with Gasteiger partial charge in [-0.05, 0) is 0 Å². The Labute approximate surface area is 33.6 Å². The summed E-state index contributed by atoms with van der Waals surface area (Å²) in [5.41, 5.74) is 13.5. The molecular formula is CoN3+2. The van der Waals surface area contributed by atoms with Crippen LogP contribution in [0.4, 0.5) is 0 Å². The van der Waals surface area contributed by atoms with Crippen molar-refractivity contribution in [2.45, 2.75) is 0 Å². The summed E-state index contributed by atoms with van der Waals surface area (Å²) in [6, 6.07) is 0. The van der Waals surface area contributed by atoms with Gasteiger partial charge in [0.2, 0.25) is 0 Å². The van der Waals surface area contributed by atoms with Crippen molar-refractivity contribution in [3.63, 3.8) is 0 Å². The summed E-state index contributed by atoms with van der Waals surface area (Å²) in [5, 5.41) is 0.